The molecule has 0 aromatic carbocycles. The van der Waals surface area contributed by atoms with Gasteiger partial charge in [-0.05, 0) is 11.3 Å². The second-order valence-electron chi connectivity index (χ2n) is 0.811. The Hall–Kier alpha value is -0.107. The predicted octanol–water partition coefficient (Wildman–Crippen LogP) is -1.31. The summed E-state index contributed by atoms with van der Waals surface area (Å²) in [6.07, 6.45) is 3.15. The average Bonchev–Trinajstić information content (AvgIpc) is 1.72. The summed E-state index contributed by atoms with van der Waals surface area (Å²) in [7, 11) is 0. The summed E-state index contributed by atoms with van der Waals surface area (Å²) in [5, 5.41) is 10.1. The number of hydrogen-bond acceptors (Lipinski definition) is 3. The summed E-state index contributed by atoms with van der Waals surface area (Å²) in [6.45, 7) is 0. The zero-order chi connectivity index (χ0) is 4.24. The van der Waals surface area contributed by atoms with E-state index in [2.05, 4.69) is 15.4 Å². The predicted molar refractivity (Wildman–Crippen MR) is 29.8 cm³/mol. The monoisotopic (exact) mass is 293 g/mol. The van der Waals surface area contributed by atoms with Crippen molar-refractivity contribution in [2.75, 3.05) is 0 Å². The van der Waals surface area contributed by atoms with Gasteiger partial charge in [0, 0.05) is 0 Å². The van der Waals surface area contributed by atoms with Gasteiger partial charge in [-0.1, -0.05) is 0 Å². The molecule has 0 aliphatic heterocycles. The van der Waals surface area contributed by atoms with E-state index in [4.69, 9.17) is 0 Å². The van der Waals surface area contributed by atoms with Gasteiger partial charge < -0.3 is 0 Å². The molecule has 4 heteroatoms. The molecule has 7 heavy (non-hydrogen) atoms. The van der Waals surface area contributed by atoms with Crippen LogP contribution in [0.25, 0.3) is 0 Å². The minimum Gasteiger partial charge on any atom is -0.139 e. The molecule has 0 bridgehead atoms. The van der Waals surface area contributed by atoms with Crippen molar-refractivity contribution >= 4 is 26.2 Å². The van der Waals surface area contributed by atoms with Crippen molar-refractivity contribution < 1.29 is 0 Å². The maximum atomic E-state index is 3.42. The Morgan fingerprint density at radius 3 is 1.71 bits per heavy atom. The molecule has 1 aromatic rings. The van der Waals surface area contributed by atoms with E-state index < -0.39 is 0 Å². The molecule has 3 nitrogen and oxygen atoms in total. The number of aromatic nitrogens is 3. The Bertz CT molecular complexity index is 82.1. The third-order valence-electron chi connectivity index (χ3n) is 0.409. The number of rotatable bonds is 0. The van der Waals surface area contributed by atoms with Crippen LogP contribution < -0.4 is 0 Å². The van der Waals surface area contributed by atoms with Gasteiger partial charge in [0.1, 0.15) is 0 Å². The molecule has 0 aliphatic carbocycles. The largest absolute Gasteiger partial charge is 0.139 e. The molecule has 0 spiro atoms. The minimum atomic E-state index is 0. The van der Waals surface area contributed by atoms with Gasteiger partial charge in [0.2, 0.25) is 0 Å². The molecule has 0 fully saturated rings. The van der Waals surface area contributed by atoms with Gasteiger partial charge in [0.25, 0.3) is 0 Å². The topological polar surface area (TPSA) is 38.7 Å². The third-order valence-corrected chi connectivity index (χ3v) is 0.409. The standard InChI is InChI=1S/C3H3N3.Bi.3H/c1-2-4-6-5-3-1;;;;/h1-3H;;;;. The molecular formula is C3H6BiN3. The molecule has 0 saturated heterocycles. The van der Waals surface area contributed by atoms with Crippen LogP contribution in [0.2, 0.25) is 0 Å². The van der Waals surface area contributed by atoms with Crippen LogP contribution in [0.3, 0.4) is 0 Å². The van der Waals surface area contributed by atoms with Gasteiger partial charge in [-0.15, -0.1) is 10.2 Å². The van der Waals surface area contributed by atoms with E-state index in [-0.39, 0.29) is 26.2 Å². The summed E-state index contributed by atoms with van der Waals surface area (Å²) >= 11 is 0. The average molecular weight is 293 g/mol. The summed E-state index contributed by atoms with van der Waals surface area (Å²) < 4.78 is 0. The Kier molecular flexibility index (Phi) is 4.00. The van der Waals surface area contributed by atoms with Crippen molar-refractivity contribution in [1.82, 2.24) is 15.4 Å². The van der Waals surface area contributed by atoms with Crippen LogP contribution in [0, 0.1) is 0 Å². The van der Waals surface area contributed by atoms with Crippen molar-refractivity contribution in [3.8, 4) is 0 Å². The smallest absolute Gasteiger partial charge is 0.0529 e. The van der Waals surface area contributed by atoms with Gasteiger partial charge in [-0.3, -0.25) is 0 Å². The van der Waals surface area contributed by atoms with Crippen molar-refractivity contribution in [2.45, 2.75) is 0 Å². The fourth-order valence-electron chi connectivity index (χ4n) is 0.205. The van der Waals surface area contributed by atoms with Crippen LogP contribution in [0.4, 0.5) is 0 Å². The first-order chi connectivity index (χ1) is 3.00. The molecular weight excluding hydrogens is 287 g/mol. The molecule has 1 rings (SSSR count). The molecule has 0 N–H and O–H groups in total. The second-order valence-corrected chi connectivity index (χ2v) is 0.811. The fourth-order valence-corrected chi connectivity index (χ4v) is 0.205. The quantitative estimate of drug-likeness (QED) is 0.557. The molecule has 0 amide bonds. The Morgan fingerprint density at radius 2 is 1.57 bits per heavy atom. The normalized spacial score (nSPS) is 6.86. The van der Waals surface area contributed by atoms with Crippen LogP contribution in [0.15, 0.2) is 18.5 Å². The first-order valence-corrected chi connectivity index (χ1v) is 1.58. The van der Waals surface area contributed by atoms with E-state index in [1.165, 1.54) is 0 Å². The van der Waals surface area contributed by atoms with E-state index >= 15 is 0 Å². The minimum absolute atomic E-state index is 0. The first kappa shape index (κ1) is 6.89. The Labute approximate surface area is 60.3 Å². The Morgan fingerprint density at radius 1 is 1.00 bits per heavy atom. The first-order valence-electron chi connectivity index (χ1n) is 1.58. The molecule has 0 radical (unpaired) electrons. The van der Waals surface area contributed by atoms with E-state index in [0.29, 0.717) is 0 Å². The van der Waals surface area contributed by atoms with E-state index in [1.807, 2.05) is 0 Å². The molecule has 0 aliphatic rings. The Balaban J connectivity index is 0.000000360. The van der Waals surface area contributed by atoms with Crippen LogP contribution >= 0.6 is 0 Å². The van der Waals surface area contributed by atoms with Crippen LogP contribution in [0.1, 0.15) is 0 Å². The summed E-state index contributed by atoms with van der Waals surface area (Å²) in [6, 6.07) is 1.72. The van der Waals surface area contributed by atoms with Crippen molar-refractivity contribution in [3.05, 3.63) is 18.5 Å². The van der Waals surface area contributed by atoms with Crippen LogP contribution in [-0.2, 0) is 0 Å². The van der Waals surface area contributed by atoms with Gasteiger partial charge in [0.05, 0.1) is 12.4 Å². The molecule has 38 valence electrons. The van der Waals surface area contributed by atoms with Crippen molar-refractivity contribution in [2.24, 2.45) is 0 Å². The maximum Gasteiger partial charge on any atom is 0.0529 e. The van der Waals surface area contributed by atoms with Crippen molar-refractivity contribution in [3.63, 3.8) is 0 Å². The summed E-state index contributed by atoms with van der Waals surface area (Å²) in [4.78, 5) is 0. The number of nitrogens with zero attached hydrogens (tertiary/aromatic N) is 3. The molecule has 1 heterocycles. The van der Waals surface area contributed by atoms with Gasteiger partial charge >= 0.3 is 26.2 Å². The molecule has 0 atom stereocenters. The SMILES string of the molecule is [BiH3].c1cnnnc1. The van der Waals surface area contributed by atoms with Crippen molar-refractivity contribution in [1.29, 1.82) is 0 Å². The maximum absolute atomic E-state index is 3.42. The van der Waals surface area contributed by atoms with Gasteiger partial charge in [-0.25, -0.2) is 0 Å². The van der Waals surface area contributed by atoms with Crippen LogP contribution in [-0.4, -0.2) is 41.6 Å². The van der Waals surface area contributed by atoms with Gasteiger partial charge in [-0.2, -0.15) is 0 Å². The van der Waals surface area contributed by atoms with E-state index in [9.17, 15) is 0 Å². The zero-order valence-corrected chi connectivity index (χ0v) is 9.28. The zero-order valence-electron chi connectivity index (χ0n) is 3.78. The summed E-state index contributed by atoms with van der Waals surface area (Å²) in [5.41, 5.74) is 0. The fraction of sp³-hybridized carbons (Fsp3) is 0. The van der Waals surface area contributed by atoms with E-state index in [0.717, 1.165) is 0 Å². The van der Waals surface area contributed by atoms with Gasteiger partial charge in [0.15, 0.2) is 0 Å². The molecule has 0 unspecified atom stereocenters. The second kappa shape index (κ2) is 4.06. The van der Waals surface area contributed by atoms with E-state index in [1.54, 1.807) is 18.5 Å². The molecule has 0 saturated carbocycles. The number of hydrogen-bond donors (Lipinski definition) is 0. The molecule has 1 aromatic heterocycles. The summed E-state index contributed by atoms with van der Waals surface area (Å²) in [5.74, 6) is 0. The third kappa shape index (κ3) is 2.57. The van der Waals surface area contributed by atoms with Crippen LogP contribution in [0.5, 0.6) is 0 Å².